The molecule has 5 heteroatoms. The van der Waals surface area contributed by atoms with Crippen LogP contribution in [0.25, 0.3) is 0 Å². The monoisotopic (exact) mass is 235 g/mol. The number of hydrogen-bond donors (Lipinski definition) is 2. The fraction of sp³-hybridized carbons (Fsp3) is 0.500. The number of aromatic nitrogens is 1. The maximum atomic E-state index is 11.6. The van der Waals surface area contributed by atoms with Gasteiger partial charge in [-0.1, -0.05) is 0 Å². The Morgan fingerprint density at radius 2 is 2.47 bits per heavy atom. The Labute approximate surface area is 101 Å². The van der Waals surface area contributed by atoms with Crippen LogP contribution in [0.1, 0.15) is 12.0 Å². The number of pyridine rings is 1. The van der Waals surface area contributed by atoms with E-state index in [0.717, 1.165) is 18.7 Å². The summed E-state index contributed by atoms with van der Waals surface area (Å²) in [7, 11) is 1.58. The minimum atomic E-state index is 0.104. The van der Waals surface area contributed by atoms with Crippen LogP contribution in [0.15, 0.2) is 18.3 Å². The lowest BCUT2D eigenvalue weighted by molar-refractivity contribution is -0.122. The first-order chi connectivity index (χ1) is 8.28. The first-order valence-corrected chi connectivity index (χ1v) is 5.74. The summed E-state index contributed by atoms with van der Waals surface area (Å²) < 4.78 is 5.02. The number of amides is 1. The molecule has 1 fully saturated rings. The molecule has 2 N–H and O–H groups in total. The molecule has 0 radical (unpaired) electrons. The van der Waals surface area contributed by atoms with Crippen LogP contribution < -0.4 is 15.4 Å². The van der Waals surface area contributed by atoms with Crippen molar-refractivity contribution < 1.29 is 9.53 Å². The Kier molecular flexibility index (Phi) is 3.93. The van der Waals surface area contributed by atoms with Crippen LogP contribution in [0.4, 0.5) is 0 Å². The summed E-state index contributed by atoms with van der Waals surface area (Å²) in [4.78, 5) is 15.6. The van der Waals surface area contributed by atoms with Crippen molar-refractivity contribution in [3.8, 4) is 5.88 Å². The highest BCUT2D eigenvalue weighted by Crippen LogP contribution is 2.10. The topological polar surface area (TPSA) is 63.2 Å². The molecule has 92 valence electrons. The van der Waals surface area contributed by atoms with Crippen molar-refractivity contribution in [3.05, 3.63) is 23.9 Å². The average molecular weight is 235 g/mol. The van der Waals surface area contributed by atoms with Crippen LogP contribution in [0.3, 0.4) is 0 Å². The number of nitrogens with one attached hydrogen (secondary N) is 2. The molecule has 1 aromatic rings. The van der Waals surface area contributed by atoms with Crippen molar-refractivity contribution in [1.29, 1.82) is 0 Å². The quantitative estimate of drug-likeness (QED) is 0.771. The van der Waals surface area contributed by atoms with Crippen LogP contribution in [0, 0.1) is 5.92 Å². The summed E-state index contributed by atoms with van der Waals surface area (Å²) in [6, 6.07) is 3.69. The van der Waals surface area contributed by atoms with Gasteiger partial charge < -0.3 is 15.4 Å². The molecule has 0 aliphatic carbocycles. The van der Waals surface area contributed by atoms with Gasteiger partial charge in [-0.25, -0.2) is 4.98 Å². The van der Waals surface area contributed by atoms with Gasteiger partial charge in [0.25, 0.3) is 0 Å². The summed E-state index contributed by atoms with van der Waals surface area (Å²) in [6.07, 6.45) is 2.28. The van der Waals surface area contributed by atoms with E-state index in [1.54, 1.807) is 13.3 Å². The van der Waals surface area contributed by atoms with E-state index in [1.165, 1.54) is 0 Å². The highest BCUT2D eigenvalue weighted by atomic mass is 16.5. The molecule has 0 atom stereocenters. The standard InChI is InChI=1S/C12H17N3O2/c1-17-12-5-9(2-3-14-12)8-15-11(16)4-10-6-13-7-10/h2-3,5,10,13H,4,6-8H2,1H3,(H,15,16). The smallest absolute Gasteiger partial charge is 0.220 e. The van der Waals surface area contributed by atoms with Crippen molar-refractivity contribution in [2.75, 3.05) is 20.2 Å². The number of methoxy groups -OCH3 is 1. The molecule has 0 saturated carbocycles. The minimum absolute atomic E-state index is 0.104. The maximum absolute atomic E-state index is 11.6. The third-order valence-corrected chi connectivity index (χ3v) is 2.84. The number of ether oxygens (including phenoxy) is 1. The molecule has 1 aromatic heterocycles. The molecule has 1 amide bonds. The van der Waals surface area contributed by atoms with E-state index < -0.39 is 0 Å². The Bertz CT molecular complexity index is 391. The molecule has 5 nitrogen and oxygen atoms in total. The van der Waals surface area contributed by atoms with Gasteiger partial charge in [0, 0.05) is 25.2 Å². The second-order valence-electron chi connectivity index (χ2n) is 4.21. The fourth-order valence-electron chi connectivity index (χ4n) is 1.70. The summed E-state index contributed by atoms with van der Waals surface area (Å²) in [5.74, 6) is 1.18. The number of carbonyl (C=O) groups excluding carboxylic acids is 1. The lowest BCUT2D eigenvalue weighted by Crippen LogP contribution is -2.44. The second kappa shape index (κ2) is 5.63. The second-order valence-corrected chi connectivity index (χ2v) is 4.21. The van der Waals surface area contributed by atoms with Crippen LogP contribution in [0.2, 0.25) is 0 Å². The SMILES string of the molecule is COc1cc(CNC(=O)CC2CNC2)ccn1. The Morgan fingerprint density at radius 3 is 3.12 bits per heavy atom. The highest BCUT2D eigenvalue weighted by molar-refractivity contribution is 5.76. The summed E-state index contributed by atoms with van der Waals surface area (Å²) in [6.45, 7) is 2.44. The molecule has 17 heavy (non-hydrogen) atoms. The van der Waals surface area contributed by atoms with Crippen molar-refractivity contribution in [1.82, 2.24) is 15.6 Å². The summed E-state index contributed by atoms with van der Waals surface area (Å²) in [5.41, 5.74) is 0.997. The van der Waals surface area contributed by atoms with Gasteiger partial charge in [0.2, 0.25) is 11.8 Å². The summed E-state index contributed by atoms with van der Waals surface area (Å²) in [5, 5.41) is 6.05. The van der Waals surface area contributed by atoms with Crippen LogP contribution in [-0.2, 0) is 11.3 Å². The molecule has 0 bridgehead atoms. The summed E-state index contributed by atoms with van der Waals surface area (Å²) >= 11 is 0. The molecule has 0 unspecified atom stereocenters. The van der Waals surface area contributed by atoms with Gasteiger partial charge in [0.05, 0.1) is 7.11 Å². The molecule has 0 aromatic carbocycles. The largest absolute Gasteiger partial charge is 0.481 e. The van der Waals surface area contributed by atoms with E-state index in [0.29, 0.717) is 24.8 Å². The molecular formula is C12H17N3O2. The molecule has 1 saturated heterocycles. The molecule has 2 rings (SSSR count). The fourth-order valence-corrected chi connectivity index (χ4v) is 1.70. The first-order valence-electron chi connectivity index (χ1n) is 5.74. The number of rotatable bonds is 5. The normalized spacial score (nSPS) is 15.1. The van der Waals surface area contributed by atoms with Gasteiger partial charge in [0.15, 0.2) is 0 Å². The minimum Gasteiger partial charge on any atom is -0.481 e. The van der Waals surface area contributed by atoms with E-state index in [2.05, 4.69) is 15.6 Å². The van der Waals surface area contributed by atoms with Crippen molar-refractivity contribution in [2.45, 2.75) is 13.0 Å². The van der Waals surface area contributed by atoms with E-state index in [4.69, 9.17) is 4.74 Å². The third kappa shape index (κ3) is 3.42. The van der Waals surface area contributed by atoms with Crippen molar-refractivity contribution in [2.24, 2.45) is 5.92 Å². The molecule has 1 aliphatic rings. The highest BCUT2D eigenvalue weighted by Gasteiger charge is 2.19. The van der Waals surface area contributed by atoms with Crippen molar-refractivity contribution >= 4 is 5.91 Å². The predicted molar refractivity (Wildman–Crippen MR) is 63.6 cm³/mol. The van der Waals surface area contributed by atoms with Gasteiger partial charge in [-0.05, 0) is 30.6 Å². The van der Waals surface area contributed by atoms with E-state index in [-0.39, 0.29) is 5.91 Å². The van der Waals surface area contributed by atoms with E-state index >= 15 is 0 Å². The molecule has 2 heterocycles. The first kappa shape index (κ1) is 11.9. The molecular weight excluding hydrogens is 218 g/mol. The van der Waals surface area contributed by atoms with Gasteiger partial charge >= 0.3 is 0 Å². The lowest BCUT2D eigenvalue weighted by atomic mass is 9.99. The van der Waals surface area contributed by atoms with Gasteiger partial charge in [-0.3, -0.25) is 4.79 Å². The number of hydrogen-bond acceptors (Lipinski definition) is 4. The zero-order valence-corrected chi connectivity index (χ0v) is 9.90. The zero-order chi connectivity index (χ0) is 12.1. The van der Waals surface area contributed by atoms with E-state index in [9.17, 15) is 4.79 Å². The molecule has 0 spiro atoms. The number of nitrogens with zero attached hydrogens (tertiary/aromatic N) is 1. The van der Waals surface area contributed by atoms with E-state index in [1.807, 2.05) is 12.1 Å². The lowest BCUT2D eigenvalue weighted by Gasteiger charge is -2.26. The van der Waals surface area contributed by atoms with Gasteiger partial charge in [-0.15, -0.1) is 0 Å². The maximum Gasteiger partial charge on any atom is 0.220 e. The van der Waals surface area contributed by atoms with Gasteiger partial charge in [0.1, 0.15) is 0 Å². The number of carbonyl (C=O) groups is 1. The third-order valence-electron chi connectivity index (χ3n) is 2.84. The zero-order valence-electron chi connectivity index (χ0n) is 9.90. The van der Waals surface area contributed by atoms with Gasteiger partial charge in [-0.2, -0.15) is 0 Å². The molecule has 1 aliphatic heterocycles. The Morgan fingerprint density at radius 1 is 1.65 bits per heavy atom. The Balaban J connectivity index is 1.77. The van der Waals surface area contributed by atoms with Crippen LogP contribution in [-0.4, -0.2) is 31.1 Å². The van der Waals surface area contributed by atoms with Crippen LogP contribution in [0.5, 0.6) is 5.88 Å². The average Bonchev–Trinajstić information content (AvgIpc) is 2.31. The van der Waals surface area contributed by atoms with Crippen LogP contribution >= 0.6 is 0 Å². The Hall–Kier alpha value is -1.62. The van der Waals surface area contributed by atoms with Crippen molar-refractivity contribution in [3.63, 3.8) is 0 Å². The predicted octanol–water partition coefficient (Wildman–Crippen LogP) is 0.316.